The Kier molecular flexibility index (Phi) is 10.8. The lowest BCUT2D eigenvalue weighted by Gasteiger charge is -2.34. The summed E-state index contributed by atoms with van der Waals surface area (Å²) in [4.78, 5) is 28.9. The second-order valence-corrected chi connectivity index (χ2v) is 12.4. The number of hydrogen-bond acceptors (Lipinski definition) is 5. The minimum absolute atomic E-state index is 0.0409. The van der Waals surface area contributed by atoms with E-state index in [4.69, 9.17) is 16.3 Å². The van der Waals surface area contributed by atoms with Crippen molar-refractivity contribution in [3.63, 3.8) is 0 Å². The largest absolute Gasteiger partial charge is 0.497 e. The molecule has 1 N–H and O–H groups in total. The zero-order valence-corrected chi connectivity index (χ0v) is 25.9. The van der Waals surface area contributed by atoms with Gasteiger partial charge in [-0.3, -0.25) is 13.9 Å². The molecule has 220 valence electrons. The maximum atomic E-state index is 14.2. The number of benzene rings is 3. The van der Waals surface area contributed by atoms with E-state index >= 15 is 0 Å². The predicted molar refractivity (Wildman–Crippen MR) is 163 cm³/mol. The quantitative estimate of drug-likeness (QED) is 0.297. The van der Waals surface area contributed by atoms with E-state index in [1.54, 1.807) is 62.6 Å². The fourth-order valence-corrected chi connectivity index (χ4v) is 6.13. The third-order valence-corrected chi connectivity index (χ3v) is 8.88. The van der Waals surface area contributed by atoms with Crippen LogP contribution in [0, 0.1) is 13.8 Å². The molecule has 3 aromatic rings. The number of ether oxygens (including phenoxy) is 1. The molecule has 0 radical (unpaired) electrons. The summed E-state index contributed by atoms with van der Waals surface area (Å²) in [7, 11) is -2.64. The molecule has 41 heavy (non-hydrogen) atoms. The molecule has 0 saturated heterocycles. The second-order valence-electron chi connectivity index (χ2n) is 10.2. The molecule has 0 fully saturated rings. The fraction of sp³-hybridized carbons (Fsp3) is 0.355. The molecule has 0 spiro atoms. The molecule has 0 aliphatic carbocycles. The molecular weight excluding hydrogens is 562 g/mol. The van der Waals surface area contributed by atoms with Crippen molar-refractivity contribution in [2.75, 3.05) is 18.0 Å². The molecule has 0 aliphatic rings. The van der Waals surface area contributed by atoms with Crippen molar-refractivity contribution in [1.29, 1.82) is 0 Å². The molecule has 0 aliphatic heterocycles. The Morgan fingerprint density at radius 1 is 1.00 bits per heavy atom. The number of carbonyl (C=O) groups excluding carboxylic acids is 2. The third kappa shape index (κ3) is 7.80. The van der Waals surface area contributed by atoms with Crippen LogP contribution in [0.2, 0.25) is 5.02 Å². The van der Waals surface area contributed by atoms with Crippen LogP contribution in [-0.4, -0.2) is 50.9 Å². The van der Waals surface area contributed by atoms with Gasteiger partial charge in [-0.25, -0.2) is 8.42 Å². The Bertz CT molecular complexity index is 1480. The van der Waals surface area contributed by atoms with Crippen LogP contribution in [0.15, 0.2) is 71.6 Å². The Labute approximate surface area is 248 Å². The predicted octanol–water partition coefficient (Wildman–Crippen LogP) is 5.49. The Morgan fingerprint density at radius 3 is 2.27 bits per heavy atom. The molecule has 0 bridgehead atoms. The first kappa shape index (κ1) is 32.0. The second kappa shape index (κ2) is 13.9. The van der Waals surface area contributed by atoms with Gasteiger partial charge in [-0.2, -0.15) is 0 Å². The van der Waals surface area contributed by atoms with Crippen molar-refractivity contribution in [2.45, 2.75) is 64.6 Å². The highest BCUT2D eigenvalue weighted by Gasteiger charge is 2.34. The maximum Gasteiger partial charge on any atom is 0.264 e. The molecule has 2 amide bonds. The highest BCUT2D eigenvalue weighted by atomic mass is 35.5. The molecule has 0 heterocycles. The van der Waals surface area contributed by atoms with Gasteiger partial charge in [-0.05, 0) is 81.6 Å². The first-order valence-electron chi connectivity index (χ1n) is 13.5. The van der Waals surface area contributed by atoms with E-state index in [9.17, 15) is 18.0 Å². The summed E-state index contributed by atoms with van der Waals surface area (Å²) in [5, 5.41) is 3.26. The lowest BCUT2D eigenvalue weighted by atomic mass is 10.1. The van der Waals surface area contributed by atoms with E-state index in [1.165, 1.54) is 17.0 Å². The van der Waals surface area contributed by atoms with Gasteiger partial charge in [0.05, 0.1) is 17.7 Å². The highest BCUT2D eigenvalue weighted by Crippen LogP contribution is 2.31. The van der Waals surface area contributed by atoms with Gasteiger partial charge < -0.3 is 15.0 Å². The van der Waals surface area contributed by atoms with Gasteiger partial charge in [0.1, 0.15) is 18.3 Å². The number of hydrogen-bond donors (Lipinski definition) is 1. The highest BCUT2D eigenvalue weighted by molar-refractivity contribution is 7.92. The zero-order valence-electron chi connectivity index (χ0n) is 24.3. The summed E-state index contributed by atoms with van der Waals surface area (Å²) in [5.41, 5.74) is 2.44. The topological polar surface area (TPSA) is 96.0 Å². The van der Waals surface area contributed by atoms with Crippen LogP contribution in [0.1, 0.15) is 43.9 Å². The number of amides is 2. The summed E-state index contributed by atoms with van der Waals surface area (Å²) in [6, 6.07) is 17.6. The number of halogens is 1. The van der Waals surface area contributed by atoms with Crippen LogP contribution in [0.5, 0.6) is 5.75 Å². The summed E-state index contributed by atoms with van der Waals surface area (Å²) < 4.78 is 34.5. The molecule has 8 nitrogen and oxygen atoms in total. The third-order valence-electron chi connectivity index (χ3n) is 6.70. The molecule has 10 heteroatoms. The van der Waals surface area contributed by atoms with Gasteiger partial charge in [0.2, 0.25) is 11.8 Å². The molecule has 0 saturated carbocycles. The Hall–Kier alpha value is -3.56. The molecule has 3 rings (SSSR count). The van der Waals surface area contributed by atoms with Crippen LogP contribution >= 0.6 is 11.6 Å². The average molecular weight is 600 g/mol. The monoisotopic (exact) mass is 599 g/mol. The molecule has 1 atom stereocenters. The SMILES string of the molecule is CC[C@H](C(=O)NC(C)C)N(Cc1cccc(OC)c1)C(=O)CN(c1cccc(Cl)c1C)S(=O)(=O)c1ccc(C)cc1. The van der Waals surface area contributed by atoms with Crippen LogP contribution in [0.4, 0.5) is 5.69 Å². The van der Waals surface area contributed by atoms with Crippen molar-refractivity contribution in [3.8, 4) is 5.75 Å². The van der Waals surface area contributed by atoms with Crippen molar-refractivity contribution >= 4 is 39.1 Å². The lowest BCUT2D eigenvalue weighted by molar-refractivity contribution is -0.140. The normalized spacial score (nSPS) is 12.1. The first-order chi connectivity index (χ1) is 19.4. The van der Waals surface area contributed by atoms with Crippen molar-refractivity contribution in [2.24, 2.45) is 0 Å². The van der Waals surface area contributed by atoms with Crippen molar-refractivity contribution in [1.82, 2.24) is 10.2 Å². The van der Waals surface area contributed by atoms with Gasteiger partial charge in [-0.15, -0.1) is 0 Å². The summed E-state index contributed by atoms with van der Waals surface area (Å²) in [6.07, 6.45) is 0.329. The van der Waals surface area contributed by atoms with Gasteiger partial charge in [0.15, 0.2) is 0 Å². The number of rotatable bonds is 12. The van der Waals surface area contributed by atoms with Crippen molar-refractivity contribution in [3.05, 3.63) is 88.4 Å². The van der Waals surface area contributed by atoms with E-state index in [-0.39, 0.29) is 29.1 Å². The number of methoxy groups -OCH3 is 1. The van der Waals surface area contributed by atoms with Gasteiger partial charge in [0.25, 0.3) is 10.0 Å². The first-order valence-corrected chi connectivity index (χ1v) is 15.3. The van der Waals surface area contributed by atoms with Crippen LogP contribution in [0.3, 0.4) is 0 Å². The molecule has 3 aromatic carbocycles. The van der Waals surface area contributed by atoms with Gasteiger partial charge in [0, 0.05) is 17.6 Å². The average Bonchev–Trinajstić information content (AvgIpc) is 2.93. The number of nitrogens with zero attached hydrogens (tertiary/aromatic N) is 2. The summed E-state index contributed by atoms with van der Waals surface area (Å²) >= 11 is 6.39. The summed E-state index contributed by atoms with van der Waals surface area (Å²) in [5.74, 6) is -0.244. The molecule has 0 aromatic heterocycles. The number of nitrogens with one attached hydrogen (secondary N) is 1. The van der Waals surface area contributed by atoms with E-state index in [0.717, 1.165) is 15.4 Å². The van der Waals surface area contributed by atoms with E-state index < -0.39 is 28.5 Å². The van der Waals surface area contributed by atoms with Crippen molar-refractivity contribution < 1.29 is 22.7 Å². The Morgan fingerprint density at radius 2 is 1.66 bits per heavy atom. The zero-order chi connectivity index (χ0) is 30.3. The number of sulfonamides is 1. The van der Waals surface area contributed by atoms with Crippen LogP contribution in [0.25, 0.3) is 0 Å². The number of anilines is 1. The lowest BCUT2D eigenvalue weighted by Crippen LogP contribution is -2.53. The summed E-state index contributed by atoms with van der Waals surface area (Å²) in [6.45, 7) is 8.62. The maximum absolute atomic E-state index is 14.2. The van der Waals surface area contributed by atoms with Crippen LogP contribution in [-0.2, 0) is 26.2 Å². The minimum Gasteiger partial charge on any atom is -0.497 e. The van der Waals surface area contributed by atoms with E-state index in [2.05, 4.69) is 5.32 Å². The number of carbonyl (C=O) groups is 2. The molecule has 0 unspecified atom stereocenters. The minimum atomic E-state index is -4.19. The molecular formula is C31H38ClN3O5S. The van der Waals surface area contributed by atoms with E-state index in [1.807, 2.05) is 33.8 Å². The van der Waals surface area contributed by atoms with Crippen LogP contribution < -0.4 is 14.4 Å². The van der Waals surface area contributed by atoms with E-state index in [0.29, 0.717) is 22.8 Å². The Balaban J connectivity index is 2.11. The standard InChI is InChI=1S/C31H38ClN3O5S/c1-7-28(31(37)33-21(2)3)34(19-24-10-8-11-25(18-24)40-6)30(36)20-35(29-13-9-12-27(32)23(29)5)41(38,39)26-16-14-22(4)15-17-26/h8-18,21,28H,7,19-20H2,1-6H3,(H,33,37)/t28-/m1/s1. The van der Waals surface area contributed by atoms with Gasteiger partial charge in [-0.1, -0.05) is 54.4 Å². The smallest absolute Gasteiger partial charge is 0.264 e. The fourth-order valence-electron chi connectivity index (χ4n) is 4.48. The van der Waals surface area contributed by atoms with Gasteiger partial charge >= 0.3 is 0 Å². The number of aryl methyl sites for hydroxylation is 1.